The second kappa shape index (κ2) is 8.47. The lowest BCUT2D eigenvalue weighted by molar-refractivity contribution is 0.104. The first-order valence-electron chi connectivity index (χ1n) is 8.09. The van der Waals surface area contributed by atoms with Gasteiger partial charge in [-0.2, -0.15) is 0 Å². The number of nitrogens with zero attached hydrogens (tertiary/aromatic N) is 1. The van der Waals surface area contributed by atoms with Crippen LogP contribution in [-0.4, -0.2) is 56.4 Å². The molecule has 0 aromatic rings. The third kappa shape index (κ3) is 5.29. The number of urea groups is 1. The predicted molar refractivity (Wildman–Crippen MR) is 79.9 cm³/mol. The molecule has 2 N–H and O–H groups in total. The molecule has 1 saturated heterocycles. The SMILES string of the molecule is CN(CCNC(=O)NCC[C@@H]1CCCO1)C1CCCC1. The molecule has 0 aromatic heterocycles. The van der Waals surface area contributed by atoms with E-state index in [2.05, 4.69) is 22.6 Å². The van der Waals surface area contributed by atoms with E-state index >= 15 is 0 Å². The Morgan fingerprint density at radius 3 is 2.60 bits per heavy atom. The highest BCUT2D eigenvalue weighted by Crippen LogP contribution is 2.21. The summed E-state index contributed by atoms with van der Waals surface area (Å²) in [6, 6.07) is 0.669. The lowest BCUT2D eigenvalue weighted by atomic mass is 10.2. The predicted octanol–water partition coefficient (Wildman–Crippen LogP) is 1.73. The summed E-state index contributed by atoms with van der Waals surface area (Å²) >= 11 is 0. The van der Waals surface area contributed by atoms with E-state index in [1.807, 2.05) is 0 Å². The smallest absolute Gasteiger partial charge is 0.314 e. The molecule has 0 spiro atoms. The Kier molecular flexibility index (Phi) is 6.60. The van der Waals surface area contributed by atoms with Crippen molar-refractivity contribution in [2.24, 2.45) is 0 Å². The molecule has 5 heteroatoms. The summed E-state index contributed by atoms with van der Waals surface area (Å²) in [7, 11) is 2.16. The third-order valence-corrected chi connectivity index (χ3v) is 4.47. The van der Waals surface area contributed by atoms with Gasteiger partial charge in [-0.05, 0) is 39.2 Å². The lowest BCUT2D eigenvalue weighted by Crippen LogP contribution is -2.42. The van der Waals surface area contributed by atoms with Gasteiger partial charge in [0.25, 0.3) is 0 Å². The highest BCUT2D eigenvalue weighted by Gasteiger charge is 2.19. The van der Waals surface area contributed by atoms with Crippen molar-refractivity contribution in [1.82, 2.24) is 15.5 Å². The van der Waals surface area contributed by atoms with Crippen molar-refractivity contribution in [1.29, 1.82) is 0 Å². The van der Waals surface area contributed by atoms with Gasteiger partial charge >= 0.3 is 6.03 Å². The number of carbonyl (C=O) groups is 1. The zero-order valence-corrected chi connectivity index (χ0v) is 12.7. The van der Waals surface area contributed by atoms with E-state index in [-0.39, 0.29) is 6.03 Å². The highest BCUT2D eigenvalue weighted by molar-refractivity contribution is 5.73. The van der Waals surface area contributed by atoms with Crippen molar-refractivity contribution in [2.45, 2.75) is 57.1 Å². The fraction of sp³-hybridized carbons (Fsp3) is 0.933. The van der Waals surface area contributed by atoms with Gasteiger partial charge in [0, 0.05) is 32.3 Å². The van der Waals surface area contributed by atoms with Crippen LogP contribution in [0, 0.1) is 0 Å². The Morgan fingerprint density at radius 2 is 1.90 bits per heavy atom. The first-order valence-corrected chi connectivity index (χ1v) is 8.09. The quantitative estimate of drug-likeness (QED) is 0.748. The van der Waals surface area contributed by atoms with Crippen molar-refractivity contribution in [2.75, 3.05) is 33.3 Å². The Bertz CT molecular complexity index is 287. The van der Waals surface area contributed by atoms with Gasteiger partial charge in [-0.25, -0.2) is 4.79 Å². The number of amides is 2. The molecule has 1 atom stereocenters. The van der Waals surface area contributed by atoms with E-state index in [4.69, 9.17) is 4.74 Å². The van der Waals surface area contributed by atoms with Crippen molar-refractivity contribution in [3.05, 3.63) is 0 Å². The van der Waals surface area contributed by atoms with Crippen LogP contribution in [0.5, 0.6) is 0 Å². The van der Waals surface area contributed by atoms with E-state index in [0.29, 0.717) is 12.6 Å². The first-order chi connectivity index (χ1) is 9.75. The van der Waals surface area contributed by atoms with Crippen LogP contribution in [0.15, 0.2) is 0 Å². The number of hydrogen-bond acceptors (Lipinski definition) is 3. The standard InChI is InChI=1S/C15H29N3O2/c1-18(13-5-2-3-6-13)11-10-17-15(19)16-9-8-14-7-4-12-20-14/h13-14H,2-12H2,1H3,(H2,16,17,19)/t14-/m0/s1. The monoisotopic (exact) mass is 283 g/mol. The van der Waals surface area contributed by atoms with Gasteiger partial charge in [0.2, 0.25) is 0 Å². The second-order valence-electron chi connectivity index (χ2n) is 6.03. The van der Waals surface area contributed by atoms with Crippen molar-refractivity contribution < 1.29 is 9.53 Å². The number of hydrogen-bond donors (Lipinski definition) is 2. The van der Waals surface area contributed by atoms with Crippen LogP contribution in [0.1, 0.15) is 44.9 Å². The van der Waals surface area contributed by atoms with E-state index in [1.165, 1.54) is 25.7 Å². The van der Waals surface area contributed by atoms with Gasteiger partial charge in [-0.1, -0.05) is 12.8 Å². The molecule has 1 aliphatic heterocycles. The molecule has 1 aliphatic carbocycles. The molecule has 20 heavy (non-hydrogen) atoms. The minimum absolute atomic E-state index is 0.0529. The molecule has 2 aliphatic rings. The summed E-state index contributed by atoms with van der Waals surface area (Å²) in [6.45, 7) is 3.24. The fourth-order valence-corrected chi connectivity index (χ4v) is 3.15. The van der Waals surface area contributed by atoms with E-state index in [0.717, 1.165) is 45.0 Å². The number of nitrogens with one attached hydrogen (secondary N) is 2. The van der Waals surface area contributed by atoms with Crippen LogP contribution in [0.3, 0.4) is 0 Å². The molecular formula is C15H29N3O2. The van der Waals surface area contributed by atoms with Crippen LogP contribution in [0.2, 0.25) is 0 Å². The molecular weight excluding hydrogens is 254 g/mol. The molecule has 1 saturated carbocycles. The van der Waals surface area contributed by atoms with Crippen molar-refractivity contribution in [3.63, 3.8) is 0 Å². The zero-order valence-electron chi connectivity index (χ0n) is 12.7. The van der Waals surface area contributed by atoms with Gasteiger partial charge < -0.3 is 20.3 Å². The number of likely N-dealkylation sites (N-methyl/N-ethyl adjacent to an activating group) is 1. The van der Waals surface area contributed by atoms with Gasteiger partial charge in [0.05, 0.1) is 6.10 Å². The molecule has 2 amide bonds. The first kappa shape index (κ1) is 15.6. The maximum atomic E-state index is 11.6. The lowest BCUT2D eigenvalue weighted by Gasteiger charge is -2.23. The third-order valence-electron chi connectivity index (χ3n) is 4.47. The Morgan fingerprint density at radius 1 is 1.15 bits per heavy atom. The maximum absolute atomic E-state index is 11.6. The summed E-state index contributed by atoms with van der Waals surface area (Å²) in [5.41, 5.74) is 0. The molecule has 2 rings (SSSR count). The number of rotatable bonds is 7. The molecule has 5 nitrogen and oxygen atoms in total. The van der Waals surface area contributed by atoms with E-state index < -0.39 is 0 Å². The highest BCUT2D eigenvalue weighted by atomic mass is 16.5. The fourth-order valence-electron chi connectivity index (χ4n) is 3.15. The summed E-state index contributed by atoms with van der Waals surface area (Å²) in [5.74, 6) is 0. The summed E-state index contributed by atoms with van der Waals surface area (Å²) in [6.07, 6.45) is 8.89. The molecule has 0 bridgehead atoms. The number of ether oxygens (including phenoxy) is 1. The van der Waals surface area contributed by atoms with Gasteiger partial charge in [0.15, 0.2) is 0 Å². The van der Waals surface area contributed by atoms with Gasteiger partial charge in [0.1, 0.15) is 0 Å². The van der Waals surface area contributed by atoms with Gasteiger partial charge in [-0.3, -0.25) is 0 Å². The average molecular weight is 283 g/mol. The maximum Gasteiger partial charge on any atom is 0.314 e. The summed E-state index contributed by atoms with van der Waals surface area (Å²) in [5, 5.41) is 5.83. The normalized spacial score (nSPS) is 23.4. The Balaban J connectivity index is 1.47. The Hall–Kier alpha value is -0.810. The van der Waals surface area contributed by atoms with Crippen LogP contribution in [0.4, 0.5) is 4.79 Å². The molecule has 2 fully saturated rings. The van der Waals surface area contributed by atoms with Crippen LogP contribution < -0.4 is 10.6 Å². The minimum Gasteiger partial charge on any atom is -0.378 e. The molecule has 0 radical (unpaired) electrons. The summed E-state index contributed by atoms with van der Waals surface area (Å²) < 4.78 is 5.53. The zero-order chi connectivity index (χ0) is 14.2. The van der Waals surface area contributed by atoms with Crippen LogP contribution in [0.25, 0.3) is 0 Å². The molecule has 116 valence electrons. The second-order valence-corrected chi connectivity index (χ2v) is 6.03. The number of carbonyl (C=O) groups excluding carboxylic acids is 1. The van der Waals surface area contributed by atoms with Crippen molar-refractivity contribution in [3.8, 4) is 0 Å². The van der Waals surface area contributed by atoms with Gasteiger partial charge in [-0.15, -0.1) is 0 Å². The molecule has 1 heterocycles. The minimum atomic E-state index is -0.0529. The Labute approximate surface area is 122 Å². The van der Waals surface area contributed by atoms with Crippen LogP contribution in [-0.2, 0) is 4.74 Å². The molecule has 0 unspecified atom stereocenters. The largest absolute Gasteiger partial charge is 0.378 e. The van der Waals surface area contributed by atoms with E-state index in [9.17, 15) is 4.79 Å². The van der Waals surface area contributed by atoms with Crippen LogP contribution >= 0.6 is 0 Å². The molecule has 0 aromatic carbocycles. The topological polar surface area (TPSA) is 53.6 Å². The summed E-state index contributed by atoms with van der Waals surface area (Å²) in [4.78, 5) is 14.0. The average Bonchev–Trinajstić information content (AvgIpc) is 3.12. The van der Waals surface area contributed by atoms with Crippen molar-refractivity contribution >= 4 is 6.03 Å². The van der Waals surface area contributed by atoms with E-state index in [1.54, 1.807) is 0 Å².